The van der Waals surface area contributed by atoms with Crippen LogP contribution in [0.1, 0.15) is 10.6 Å². The number of nitriles is 1. The van der Waals surface area contributed by atoms with Crippen molar-refractivity contribution in [2.24, 2.45) is 0 Å². The summed E-state index contributed by atoms with van der Waals surface area (Å²) in [5.41, 5.74) is 2.90. The van der Waals surface area contributed by atoms with Crippen LogP contribution in [0.2, 0.25) is 0 Å². The van der Waals surface area contributed by atoms with E-state index in [1.807, 2.05) is 23.6 Å². The molecule has 0 radical (unpaired) electrons. The third kappa shape index (κ3) is 4.00. The molecule has 0 saturated carbocycles. The van der Waals surface area contributed by atoms with Crippen LogP contribution in [0.4, 0.5) is 5.69 Å². The van der Waals surface area contributed by atoms with E-state index in [0.717, 1.165) is 16.8 Å². The highest BCUT2D eigenvalue weighted by Crippen LogP contribution is 2.36. The summed E-state index contributed by atoms with van der Waals surface area (Å²) in [4.78, 5) is 14.8. The molecule has 3 aromatic rings. The van der Waals surface area contributed by atoms with E-state index in [2.05, 4.69) is 11.1 Å². The van der Waals surface area contributed by atoms with Gasteiger partial charge < -0.3 is 9.47 Å². The maximum Gasteiger partial charge on any atom is 0.269 e. The minimum atomic E-state index is -0.443. The Kier molecular flexibility index (Phi) is 5.05. The molecule has 0 amide bonds. The summed E-state index contributed by atoms with van der Waals surface area (Å²) in [6.45, 7) is 0.212. The van der Waals surface area contributed by atoms with E-state index in [-0.39, 0.29) is 12.5 Å². The van der Waals surface area contributed by atoms with Crippen molar-refractivity contribution in [1.82, 2.24) is 4.98 Å². The zero-order valence-corrected chi connectivity index (χ0v) is 15.8. The second-order valence-electron chi connectivity index (χ2n) is 6.01. The molecule has 4 rings (SSSR count). The van der Waals surface area contributed by atoms with Crippen LogP contribution in [-0.4, -0.2) is 16.7 Å². The zero-order chi connectivity index (χ0) is 20.2. The number of hydrogen-bond donors (Lipinski definition) is 0. The number of hydrogen-bond acceptors (Lipinski definition) is 7. The number of ether oxygens (including phenoxy) is 2. The molecule has 0 unspecified atom stereocenters. The van der Waals surface area contributed by atoms with Crippen molar-refractivity contribution >= 4 is 28.7 Å². The normalized spacial score (nSPS) is 12.9. The van der Waals surface area contributed by atoms with Crippen molar-refractivity contribution in [3.63, 3.8) is 0 Å². The molecule has 1 aromatic heterocycles. The van der Waals surface area contributed by atoms with Gasteiger partial charge in [0.05, 0.1) is 16.2 Å². The van der Waals surface area contributed by atoms with Crippen LogP contribution in [0.3, 0.4) is 0 Å². The van der Waals surface area contributed by atoms with Gasteiger partial charge in [-0.3, -0.25) is 10.1 Å². The second kappa shape index (κ2) is 7.96. The maximum absolute atomic E-state index is 10.7. The van der Waals surface area contributed by atoms with E-state index in [1.54, 1.807) is 30.4 Å². The van der Waals surface area contributed by atoms with Gasteiger partial charge >= 0.3 is 0 Å². The van der Waals surface area contributed by atoms with Crippen LogP contribution < -0.4 is 9.47 Å². The molecule has 2 heterocycles. The fourth-order valence-corrected chi connectivity index (χ4v) is 3.51. The van der Waals surface area contributed by atoms with Crippen molar-refractivity contribution < 1.29 is 14.4 Å². The van der Waals surface area contributed by atoms with E-state index in [9.17, 15) is 15.4 Å². The number of non-ortho nitro benzene ring substituents is 1. The number of nitro groups is 1. The van der Waals surface area contributed by atoms with E-state index in [4.69, 9.17) is 9.47 Å². The first-order chi connectivity index (χ1) is 14.1. The molecule has 142 valence electrons. The van der Waals surface area contributed by atoms with Gasteiger partial charge in [-0.1, -0.05) is 12.2 Å². The first-order valence-electron chi connectivity index (χ1n) is 8.53. The molecule has 0 bridgehead atoms. The quantitative estimate of drug-likeness (QED) is 0.255. The maximum atomic E-state index is 10.7. The van der Waals surface area contributed by atoms with Crippen LogP contribution in [-0.2, 0) is 0 Å². The van der Waals surface area contributed by atoms with E-state index in [0.29, 0.717) is 22.1 Å². The summed E-state index contributed by atoms with van der Waals surface area (Å²) < 4.78 is 10.7. The van der Waals surface area contributed by atoms with Crippen molar-refractivity contribution in [2.75, 3.05) is 6.79 Å². The summed E-state index contributed by atoms with van der Waals surface area (Å²) >= 11 is 1.38. The molecule has 8 heteroatoms. The molecule has 0 aliphatic carbocycles. The topological polar surface area (TPSA) is 98.3 Å². The monoisotopic (exact) mass is 403 g/mol. The molecule has 0 saturated heterocycles. The molecule has 0 fully saturated rings. The van der Waals surface area contributed by atoms with Gasteiger partial charge in [0, 0.05) is 23.1 Å². The summed E-state index contributed by atoms with van der Waals surface area (Å²) in [6, 6.07) is 13.9. The first kappa shape index (κ1) is 18.4. The zero-order valence-electron chi connectivity index (χ0n) is 14.9. The standard InChI is InChI=1S/C21H13N3O4S/c22-11-16(3-1-2-14-4-7-17(8-5-14)24(25)26)21-23-18(12-29-21)15-6-9-19-20(10-15)28-13-27-19/h1-10,12H,13H2/b2-1+,16-3-. The van der Waals surface area contributed by atoms with Crippen molar-refractivity contribution in [3.8, 4) is 28.8 Å². The number of nitro benzene ring substituents is 1. The van der Waals surface area contributed by atoms with Gasteiger partial charge in [0.1, 0.15) is 11.1 Å². The van der Waals surface area contributed by atoms with Crippen LogP contribution in [0.15, 0.2) is 60.0 Å². The molecule has 0 spiro atoms. The molecule has 1 aliphatic rings. The fourth-order valence-electron chi connectivity index (χ4n) is 2.70. The van der Waals surface area contributed by atoms with Crippen molar-refractivity contribution in [2.45, 2.75) is 0 Å². The predicted molar refractivity (Wildman–Crippen MR) is 109 cm³/mol. The third-order valence-corrected chi connectivity index (χ3v) is 5.05. The van der Waals surface area contributed by atoms with Crippen molar-refractivity contribution in [3.05, 3.63) is 80.7 Å². The van der Waals surface area contributed by atoms with Crippen LogP contribution in [0.25, 0.3) is 22.9 Å². The Labute approximate surface area is 169 Å². The summed E-state index contributed by atoms with van der Waals surface area (Å²) in [6.07, 6.45) is 5.17. The highest BCUT2D eigenvalue weighted by molar-refractivity contribution is 7.11. The highest BCUT2D eigenvalue weighted by Gasteiger charge is 2.15. The second-order valence-corrected chi connectivity index (χ2v) is 6.86. The molecule has 0 atom stereocenters. The van der Waals surface area contributed by atoms with E-state index < -0.39 is 4.92 Å². The lowest BCUT2D eigenvalue weighted by atomic mass is 10.1. The van der Waals surface area contributed by atoms with E-state index in [1.165, 1.54) is 23.5 Å². The van der Waals surface area contributed by atoms with Crippen LogP contribution >= 0.6 is 11.3 Å². The Balaban J connectivity index is 1.52. The SMILES string of the molecule is N#C/C(=C/C=C/c1ccc([N+](=O)[O-])cc1)c1nc(-c2ccc3c(c2)OCO3)cs1. The highest BCUT2D eigenvalue weighted by atomic mass is 32.1. The number of aromatic nitrogens is 1. The molecular formula is C21H13N3O4S. The van der Waals surface area contributed by atoms with Gasteiger partial charge in [0.25, 0.3) is 5.69 Å². The van der Waals surface area contributed by atoms with Crippen LogP contribution in [0, 0.1) is 21.4 Å². The Hall–Kier alpha value is -3.96. The lowest BCUT2D eigenvalue weighted by Gasteiger charge is -1.99. The summed E-state index contributed by atoms with van der Waals surface area (Å²) in [5, 5.41) is 22.7. The number of benzene rings is 2. The molecule has 1 aliphatic heterocycles. The predicted octanol–water partition coefficient (Wildman–Crippen LogP) is 5.07. The van der Waals surface area contributed by atoms with Crippen LogP contribution in [0.5, 0.6) is 11.5 Å². The lowest BCUT2D eigenvalue weighted by molar-refractivity contribution is -0.384. The Morgan fingerprint density at radius 3 is 2.76 bits per heavy atom. The van der Waals surface area contributed by atoms with Gasteiger partial charge in [-0.05, 0) is 42.0 Å². The van der Waals surface area contributed by atoms with Gasteiger partial charge in [0.2, 0.25) is 6.79 Å². The van der Waals surface area contributed by atoms with Gasteiger partial charge in [-0.2, -0.15) is 5.26 Å². The van der Waals surface area contributed by atoms with Crippen molar-refractivity contribution in [1.29, 1.82) is 5.26 Å². The average Bonchev–Trinajstić information content (AvgIpc) is 3.40. The minimum absolute atomic E-state index is 0.0363. The average molecular weight is 403 g/mol. The van der Waals surface area contributed by atoms with Gasteiger partial charge in [-0.15, -0.1) is 11.3 Å². The smallest absolute Gasteiger partial charge is 0.269 e. The Bertz CT molecular complexity index is 1170. The number of fused-ring (bicyclic) bond motifs is 1. The molecular weight excluding hydrogens is 390 g/mol. The molecule has 0 N–H and O–H groups in total. The molecule has 7 nitrogen and oxygen atoms in total. The number of rotatable bonds is 5. The third-order valence-electron chi connectivity index (χ3n) is 4.18. The lowest BCUT2D eigenvalue weighted by Crippen LogP contribution is -1.92. The number of allylic oxidation sites excluding steroid dienone is 3. The summed E-state index contributed by atoms with van der Waals surface area (Å²) in [5.74, 6) is 1.39. The van der Waals surface area contributed by atoms with Gasteiger partial charge in [-0.25, -0.2) is 4.98 Å². The largest absolute Gasteiger partial charge is 0.454 e. The first-order valence-corrected chi connectivity index (χ1v) is 9.41. The fraction of sp³-hybridized carbons (Fsp3) is 0.0476. The summed E-state index contributed by atoms with van der Waals surface area (Å²) in [7, 11) is 0. The van der Waals surface area contributed by atoms with Gasteiger partial charge in [0.15, 0.2) is 11.5 Å². The molecule has 29 heavy (non-hydrogen) atoms. The number of thiazole rings is 1. The van der Waals surface area contributed by atoms with E-state index >= 15 is 0 Å². The Morgan fingerprint density at radius 1 is 1.21 bits per heavy atom. The number of nitrogens with zero attached hydrogens (tertiary/aromatic N) is 3. The molecule has 2 aromatic carbocycles. The minimum Gasteiger partial charge on any atom is -0.454 e. The Morgan fingerprint density at radius 2 is 2.00 bits per heavy atom.